The van der Waals surface area contributed by atoms with Gasteiger partial charge in [-0.25, -0.2) is 4.98 Å². The van der Waals surface area contributed by atoms with Crippen molar-refractivity contribution >= 4 is 23.4 Å². The molecular formula is C13H18ClN3. The maximum Gasteiger partial charge on any atom is 0.0961 e. The second-order valence-corrected chi connectivity index (χ2v) is 4.66. The average molecular weight is 252 g/mol. The Morgan fingerprint density at radius 2 is 1.94 bits per heavy atom. The molecular weight excluding hydrogens is 234 g/mol. The van der Waals surface area contributed by atoms with Crippen LogP contribution in [0.1, 0.15) is 31.7 Å². The van der Waals surface area contributed by atoms with Gasteiger partial charge in [0.1, 0.15) is 0 Å². The van der Waals surface area contributed by atoms with Crippen LogP contribution in [-0.2, 0) is 0 Å². The highest BCUT2D eigenvalue weighted by molar-refractivity contribution is 5.85. The quantitative estimate of drug-likeness (QED) is 0.847. The van der Waals surface area contributed by atoms with Crippen LogP contribution in [0, 0.1) is 0 Å². The maximum absolute atomic E-state index is 6.21. The number of fused-ring (bicyclic) bond motifs is 1. The van der Waals surface area contributed by atoms with Gasteiger partial charge in [-0.1, -0.05) is 25.0 Å². The number of nitrogens with two attached hydrogens (primary N) is 1. The normalized spacial score (nSPS) is 24.5. The monoisotopic (exact) mass is 251 g/mol. The lowest BCUT2D eigenvalue weighted by atomic mass is 9.91. The van der Waals surface area contributed by atoms with Crippen molar-refractivity contribution in [2.24, 2.45) is 5.73 Å². The van der Waals surface area contributed by atoms with Crippen molar-refractivity contribution in [3.8, 4) is 0 Å². The largest absolute Gasteiger partial charge is 0.326 e. The van der Waals surface area contributed by atoms with Crippen LogP contribution in [0.5, 0.6) is 0 Å². The van der Waals surface area contributed by atoms with E-state index in [1.54, 1.807) is 0 Å². The first-order valence-corrected chi connectivity index (χ1v) is 6.03. The van der Waals surface area contributed by atoms with E-state index in [2.05, 4.69) is 27.8 Å². The standard InChI is InChI=1S/C13H17N3.ClH/c14-10-5-1-3-7-12(10)16-9-15-11-6-2-4-8-13(11)16;/h2,4,6,8-10,12H,1,3,5,7,14H2;1H/t10-,12-;/m1./s1. The summed E-state index contributed by atoms with van der Waals surface area (Å²) in [5.41, 5.74) is 8.50. The molecule has 0 amide bonds. The summed E-state index contributed by atoms with van der Waals surface area (Å²) in [5, 5.41) is 0. The third-order valence-electron chi connectivity index (χ3n) is 3.62. The number of nitrogens with zero attached hydrogens (tertiary/aromatic N) is 2. The molecule has 3 nitrogen and oxygen atoms in total. The van der Waals surface area contributed by atoms with Gasteiger partial charge in [0.25, 0.3) is 0 Å². The molecule has 92 valence electrons. The van der Waals surface area contributed by atoms with E-state index in [0.717, 1.165) is 11.9 Å². The molecule has 0 radical (unpaired) electrons. The van der Waals surface area contributed by atoms with E-state index >= 15 is 0 Å². The van der Waals surface area contributed by atoms with Crippen molar-refractivity contribution < 1.29 is 0 Å². The Labute approximate surface area is 107 Å². The molecule has 3 rings (SSSR count). The van der Waals surface area contributed by atoms with Crippen LogP contribution < -0.4 is 5.73 Å². The second-order valence-electron chi connectivity index (χ2n) is 4.66. The predicted molar refractivity (Wildman–Crippen MR) is 72.5 cm³/mol. The molecule has 17 heavy (non-hydrogen) atoms. The summed E-state index contributed by atoms with van der Waals surface area (Å²) in [5.74, 6) is 0. The van der Waals surface area contributed by atoms with E-state index in [1.165, 1.54) is 24.8 Å². The zero-order chi connectivity index (χ0) is 11.0. The summed E-state index contributed by atoms with van der Waals surface area (Å²) < 4.78 is 2.26. The van der Waals surface area contributed by atoms with Crippen molar-refractivity contribution in [2.45, 2.75) is 37.8 Å². The molecule has 1 aliphatic carbocycles. The molecule has 1 fully saturated rings. The fourth-order valence-corrected chi connectivity index (χ4v) is 2.73. The Balaban J connectivity index is 0.00000108. The third-order valence-corrected chi connectivity index (χ3v) is 3.62. The molecule has 0 bridgehead atoms. The van der Waals surface area contributed by atoms with Gasteiger partial charge < -0.3 is 10.3 Å². The molecule has 1 saturated carbocycles. The first kappa shape index (κ1) is 12.4. The third kappa shape index (κ3) is 2.17. The van der Waals surface area contributed by atoms with Gasteiger partial charge >= 0.3 is 0 Å². The number of rotatable bonds is 1. The number of halogens is 1. The van der Waals surface area contributed by atoms with Crippen LogP contribution in [-0.4, -0.2) is 15.6 Å². The minimum absolute atomic E-state index is 0. The molecule has 0 aliphatic heterocycles. The van der Waals surface area contributed by atoms with E-state index in [4.69, 9.17) is 5.73 Å². The molecule has 1 aliphatic rings. The van der Waals surface area contributed by atoms with E-state index in [1.807, 2.05) is 12.4 Å². The number of imidazole rings is 1. The van der Waals surface area contributed by atoms with Crippen LogP contribution in [0.2, 0.25) is 0 Å². The lowest BCUT2D eigenvalue weighted by molar-refractivity contribution is 0.311. The lowest BCUT2D eigenvalue weighted by Crippen LogP contribution is -2.34. The van der Waals surface area contributed by atoms with Gasteiger partial charge in [0.05, 0.1) is 23.4 Å². The van der Waals surface area contributed by atoms with E-state index in [9.17, 15) is 0 Å². The minimum Gasteiger partial charge on any atom is -0.326 e. The predicted octanol–water partition coefficient (Wildman–Crippen LogP) is 2.90. The molecule has 2 atom stereocenters. The van der Waals surface area contributed by atoms with Crippen LogP contribution in [0.15, 0.2) is 30.6 Å². The first-order chi connectivity index (χ1) is 7.86. The van der Waals surface area contributed by atoms with Crippen LogP contribution >= 0.6 is 12.4 Å². The first-order valence-electron chi connectivity index (χ1n) is 6.03. The summed E-state index contributed by atoms with van der Waals surface area (Å²) in [6.45, 7) is 0. The highest BCUT2D eigenvalue weighted by Crippen LogP contribution is 2.29. The summed E-state index contributed by atoms with van der Waals surface area (Å²) >= 11 is 0. The lowest BCUT2D eigenvalue weighted by Gasteiger charge is -2.30. The minimum atomic E-state index is 0. The summed E-state index contributed by atoms with van der Waals surface area (Å²) in [4.78, 5) is 4.44. The Kier molecular flexibility index (Phi) is 3.69. The SMILES string of the molecule is Cl.N[C@@H]1CCCC[C@H]1n1cnc2ccccc21. The summed E-state index contributed by atoms with van der Waals surface area (Å²) in [7, 11) is 0. The van der Waals surface area contributed by atoms with Gasteiger partial charge in [-0.3, -0.25) is 0 Å². The number of hydrogen-bond donors (Lipinski definition) is 1. The Hall–Kier alpha value is -1.06. The summed E-state index contributed by atoms with van der Waals surface area (Å²) in [6, 6.07) is 8.99. The van der Waals surface area contributed by atoms with Gasteiger partial charge in [-0.15, -0.1) is 12.4 Å². The smallest absolute Gasteiger partial charge is 0.0961 e. The zero-order valence-electron chi connectivity index (χ0n) is 9.75. The van der Waals surface area contributed by atoms with Crippen molar-refractivity contribution in [2.75, 3.05) is 0 Å². The fraction of sp³-hybridized carbons (Fsp3) is 0.462. The summed E-state index contributed by atoms with van der Waals surface area (Å²) in [6.07, 6.45) is 6.81. The topological polar surface area (TPSA) is 43.8 Å². The van der Waals surface area contributed by atoms with Crippen LogP contribution in [0.4, 0.5) is 0 Å². The van der Waals surface area contributed by atoms with E-state index < -0.39 is 0 Å². The molecule has 0 saturated heterocycles. The molecule has 4 heteroatoms. The van der Waals surface area contributed by atoms with E-state index in [0.29, 0.717) is 6.04 Å². The number of para-hydroxylation sites is 2. The Bertz CT molecular complexity index is 494. The number of hydrogen-bond acceptors (Lipinski definition) is 2. The molecule has 0 unspecified atom stereocenters. The molecule has 1 aromatic carbocycles. The zero-order valence-corrected chi connectivity index (χ0v) is 10.6. The van der Waals surface area contributed by atoms with Gasteiger partial charge in [0.2, 0.25) is 0 Å². The highest BCUT2D eigenvalue weighted by Gasteiger charge is 2.24. The molecule has 2 N–H and O–H groups in total. The van der Waals surface area contributed by atoms with Gasteiger partial charge in [0.15, 0.2) is 0 Å². The van der Waals surface area contributed by atoms with Gasteiger partial charge in [-0.2, -0.15) is 0 Å². The van der Waals surface area contributed by atoms with E-state index in [-0.39, 0.29) is 18.4 Å². The maximum atomic E-state index is 6.21. The van der Waals surface area contributed by atoms with Crippen molar-refractivity contribution in [1.29, 1.82) is 0 Å². The van der Waals surface area contributed by atoms with Crippen molar-refractivity contribution in [3.63, 3.8) is 0 Å². The highest BCUT2D eigenvalue weighted by atomic mass is 35.5. The van der Waals surface area contributed by atoms with Crippen molar-refractivity contribution in [3.05, 3.63) is 30.6 Å². The van der Waals surface area contributed by atoms with Gasteiger partial charge in [0, 0.05) is 6.04 Å². The van der Waals surface area contributed by atoms with Gasteiger partial charge in [-0.05, 0) is 25.0 Å². The second kappa shape index (κ2) is 5.07. The molecule has 0 spiro atoms. The Morgan fingerprint density at radius 3 is 2.76 bits per heavy atom. The van der Waals surface area contributed by atoms with Crippen LogP contribution in [0.25, 0.3) is 11.0 Å². The molecule has 1 heterocycles. The molecule has 1 aromatic heterocycles. The number of benzene rings is 1. The van der Waals surface area contributed by atoms with Crippen LogP contribution in [0.3, 0.4) is 0 Å². The average Bonchev–Trinajstić information content (AvgIpc) is 2.74. The Morgan fingerprint density at radius 1 is 1.18 bits per heavy atom. The number of aromatic nitrogens is 2. The van der Waals surface area contributed by atoms with Crippen molar-refractivity contribution in [1.82, 2.24) is 9.55 Å². The molecule has 2 aromatic rings. The fourth-order valence-electron chi connectivity index (χ4n) is 2.73.